The highest BCUT2D eigenvalue weighted by Crippen LogP contribution is 2.54. The Morgan fingerprint density at radius 2 is 1.64 bits per heavy atom. The molecule has 0 aromatic carbocycles. The van der Waals surface area contributed by atoms with Crippen LogP contribution in [0.5, 0.6) is 0 Å². The van der Waals surface area contributed by atoms with Crippen LogP contribution in [-0.4, -0.2) is 24.0 Å². The SMILES string of the molecule is C[C@@H]1CCCC[C@H]1NC(=O)C[NH2+]C12CC3CC(CC(C3)C1)C2. The summed E-state index contributed by atoms with van der Waals surface area (Å²) in [7, 11) is 0. The van der Waals surface area contributed by atoms with E-state index in [9.17, 15) is 4.79 Å². The van der Waals surface area contributed by atoms with Crippen molar-refractivity contribution in [2.45, 2.75) is 82.7 Å². The van der Waals surface area contributed by atoms with Crippen molar-refractivity contribution < 1.29 is 10.1 Å². The van der Waals surface area contributed by atoms with E-state index < -0.39 is 0 Å². The van der Waals surface area contributed by atoms with Gasteiger partial charge in [0.2, 0.25) is 0 Å². The van der Waals surface area contributed by atoms with Gasteiger partial charge in [0, 0.05) is 25.3 Å². The number of hydrogen-bond donors (Lipinski definition) is 2. The second-order valence-corrected chi connectivity index (χ2v) is 9.12. The highest BCUT2D eigenvalue weighted by Gasteiger charge is 2.53. The summed E-state index contributed by atoms with van der Waals surface area (Å²) in [4.78, 5) is 12.4. The molecular formula is C19H33N2O+. The second kappa shape index (κ2) is 5.81. The van der Waals surface area contributed by atoms with Crippen LogP contribution in [0.4, 0.5) is 0 Å². The van der Waals surface area contributed by atoms with Gasteiger partial charge in [-0.2, -0.15) is 0 Å². The van der Waals surface area contributed by atoms with E-state index >= 15 is 0 Å². The first-order valence-electron chi connectivity index (χ1n) is 9.76. The van der Waals surface area contributed by atoms with Gasteiger partial charge in [0.25, 0.3) is 5.91 Å². The second-order valence-electron chi connectivity index (χ2n) is 9.12. The third-order valence-corrected chi connectivity index (χ3v) is 7.26. The molecule has 5 rings (SSSR count). The Morgan fingerprint density at radius 1 is 1.05 bits per heavy atom. The topological polar surface area (TPSA) is 45.7 Å². The van der Waals surface area contributed by atoms with Gasteiger partial charge in [-0.1, -0.05) is 19.8 Å². The average molecular weight is 305 g/mol. The lowest BCUT2D eigenvalue weighted by molar-refractivity contribution is -0.730. The van der Waals surface area contributed by atoms with Crippen molar-refractivity contribution in [1.29, 1.82) is 0 Å². The van der Waals surface area contributed by atoms with Crippen molar-refractivity contribution >= 4 is 5.91 Å². The maximum atomic E-state index is 12.4. The van der Waals surface area contributed by atoms with Gasteiger partial charge in [0.05, 0.1) is 5.54 Å². The molecule has 0 aromatic heterocycles. The molecule has 1 amide bonds. The van der Waals surface area contributed by atoms with E-state index in [1.54, 1.807) is 0 Å². The highest BCUT2D eigenvalue weighted by atomic mass is 16.2. The summed E-state index contributed by atoms with van der Waals surface area (Å²) in [5, 5.41) is 5.78. The quantitative estimate of drug-likeness (QED) is 0.822. The molecule has 0 heterocycles. The van der Waals surface area contributed by atoms with E-state index in [4.69, 9.17) is 0 Å². The molecule has 5 aliphatic carbocycles. The molecular weight excluding hydrogens is 272 g/mol. The molecule has 3 N–H and O–H groups in total. The summed E-state index contributed by atoms with van der Waals surface area (Å²) in [6.45, 7) is 2.96. The summed E-state index contributed by atoms with van der Waals surface area (Å²) in [5.41, 5.74) is 0.435. The molecule has 5 saturated carbocycles. The number of nitrogens with one attached hydrogen (secondary N) is 1. The van der Waals surface area contributed by atoms with Gasteiger partial charge in [0.1, 0.15) is 0 Å². The maximum absolute atomic E-state index is 12.4. The first kappa shape index (κ1) is 15.0. The zero-order valence-corrected chi connectivity index (χ0v) is 14.2. The fraction of sp³-hybridized carbons (Fsp3) is 0.947. The number of rotatable bonds is 4. The van der Waals surface area contributed by atoms with Crippen molar-refractivity contribution in [2.75, 3.05) is 6.54 Å². The lowest BCUT2D eigenvalue weighted by Crippen LogP contribution is -3.00. The van der Waals surface area contributed by atoms with Gasteiger partial charge in [-0.25, -0.2) is 0 Å². The number of carbonyl (C=O) groups excluding carboxylic acids is 1. The van der Waals surface area contributed by atoms with E-state index in [1.807, 2.05) is 0 Å². The number of amides is 1. The third-order valence-electron chi connectivity index (χ3n) is 7.26. The molecule has 2 atom stereocenters. The molecule has 22 heavy (non-hydrogen) atoms. The van der Waals surface area contributed by atoms with Crippen LogP contribution in [0.1, 0.15) is 71.1 Å². The highest BCUT2D eigenvalue weighted by molar-refractivity contribution is 5.77. The summed E-state index contributed by atoms with van der Waals surface area (Å²) >= 11 is 0. The Morgan fingerprint density at radius 3 is 2.23 bits per heavy atom. The van der Waals surface area contributed by atoms with Crippen molar-refractivity contribution in [3.63, 3.8) is 0 Å². The van der Waals surface area contributed by atoms with Crippen LogP contribution in [0.2, 0.25) is 0 Å². The van der Waals surface area contributed by atoms with Crippen molar-refractivity contribution in [3.05, 3.63) is 0 Å². The molecule has 5 aliphatic rings. The number of carbonyl (C=O) groups is 1. The predicted octanol–water partition coefficient (Wildman–Crippen LogP) is 2.21. The molecule has 0 aromatic rings. The van der Waals surface area contributed by atoms with Crippen LogP contribution in [0.15, 0.2) is 0 Å². The van der Waals surface area contributed by atoms with E-state index in [0.29, 0.717) is 24.0 Å². The molecule has 0 aliphatic heterocycles. The van der Waals surface area contributed by atoms with Gasteiger partial charge < -0.3 is 10.6 Å². The zero-order chi connectivity index (χ0) is 15.2. The molecule has 0 saturated heterocycles. The Balaban J connectivity index is 1.30. The Labute approximate surface area is 135 Å². The molecule has 0 spiro atoms. The van der Waals surface area contributed by atoms with E-state index in [2.05, 4.69) is 17.6 Å². The Hall–Kier alpha value is -0.570. The van der Waals surface area contributed by atoms with Gasteiger partial charge in [-0.05, 0) is 55.8 Å². The summed E-state index contributed by atoms with van der Waals surface area (Å²) in [6, 6.07) is 0.436. The number of hydrogen-bond acceptors (Lipinski definition) is 1. The van der Waals surface area contributed by atoms with Crippen LogP contribution in [-0.2, 0) is 4.79 Å². The zero-order valence-electron chi connectivity index (χ0n) is 14.2. The molecule has 0 radical (unpaired) electrons. The first-order chi connectivity index (χ1) is 10.6. The first-order valence-corrected chi connectivity index (χ1v) is 9.76. The van der Waals surface area contributed by atoms with Crippen LogP contribution in [0.3, 0.4) is 0 Å². The Bertz CT molecular complexity index is 398. The van der Waals surface area contributed by atoms with Crippen LogP contribution >= 0.6 is 0 Å². The van der Waals surface area contributed by atoms with Crippen LogP contribution < -0.4 is 10.6 Å². The molecule has 124 valence electrons. The minimum absolute atomic E-state index is 0.287. The van der Waals surface area contributed by atoms with Gasteiger partial charge in [0.15, 0.2) is 6.54 Å². The van der Waals surface area contributed by atoms with Crippen molar-refractivity contribution in [3.8, 4) is 0 Å². The molecule has 0 unspecified atom stereocenters. The van der Waals surface area contributed by atoms with Gasteiger partial charge in [-0.3, -0.25) is 4.79 Å². The van der Waals surface area contributed by atoms with E-state index in [-0.39, 0.29) is 5.91 Å². The summed E-state index contributed by atoms with van der Waals surface area (Å²) < 4.78 is 0. The molecule has 3 heteroatoms. The number of quaternary nitrogens is 1. The lowest BCUT2D eigenvalue weighted by Gasteiger charge is -2.54. The average Bonchev–Trinajstić information content (AvgIpc) is 2.46. The van der Waals surface area contributed by atoms with Crippen molar-refractivity contribution in [1.82, 2.24) is 5.32 Å². The standard InChI is InChI=1S/C19H32N2O/c1-13-4-2-3-5-17(13)21-18(22)12-20-19-9-14-6-15(10-19)8-16(7-14)11-19/h13-17,20H,2-12H2,1H3,(H,21,22)/p+1/t13-,14?,15?,16?,17-,19?/m1/s1. The third kappa shape index (κ3) is 2.93. The fourth-order valence-corrected chi connectivity index (χ4v) is 6.53. The molecule has 5 fully saturated rings. The molecule has 3 nitrogen and oxygen atoms in total. The van der Waals surface area contributed by atoms with Crippen molar-refractivity contribution in [2.24, 2.45) is 23.7 Å². The smallest absolute Gasteiger partial charge is 0.275 e. The Kier molecular flexibility index (Phi) is 3.96. The minimum Gasteiger partial charge on any atom is -0.348 e. The normalized spacial score (nSPS) is 46.7. The largest absolute Gasteiger partial charge is 0.348 e. The van der Waals surface area contributed by atoms with Gasteiger partial charge in [-0.15, -0.1) is 0 Å². The van der Waals surface area contributed by atoms with E-state index in [1.165, 1.54) is 64.2 Å². The summed E-state index contributed by atoms with van der Waals surface area (Å²) in [6.07, 6.45) is 13.7. The monoisotopic (exact) mass is 305 g/mol. The van der Waals surface area contributed by atoms with E-state index in [0.717, 1.165) is 17.8 Å². The fourth-order valence-electron chi connectivity index (χ4n) is 6.53. The minimum atomic E-state index is 0.287. The van der Waals surface area contributed by atoms with Gasteiger partial charge >= 0.3 is 0 Å². The number of nitrogens with two attached hydrogens (primary N) is 1. The summed E-state index contributed by atoms with van der Waals surface area (Å²) in [5.74, 6) is 3.88. The maximum Gasteiger partial charge on any atom is 0.275 e. The van der Waals surface area contributed by atoms with Crippen LogP contribution in [0.25, 0.3) is 0 Å². The van der Waals surface area contributed by atoms with Crippen LogP contribution in [0, 0.1) is 23.7 Å². The lowest BCUT2D eigenvalue weighted by atomic mass is 9.53. The predicted molar refractivity (Wildman–Crippen MR) is 87.3 cm³/mol. The molecule has 4 bridgehead atoms.